The van der Waals surface area contributed by atoms with Crippen molar-refractivity contribution in [2.45, 2.75) is 31.2 Å². The highest BCUT2D eigenvalue weighted by molar-refractivity contribution is 5.91. The number of aromatic nitrogens is 4. The second-order valence-electron chi connectivity index (χ2n) is 8.73. The molecule has 3 heterocycles. The maximum Gasteiger partial charge on any atom is 0.279 e. The van der Waals surface area contributed by atoms with E-state index in [0.29, 0.717) is 25.2 Å². The molecule has 0 radical (unpaired) electrons. The molecular formula is C25H22FN5O2. The van der Waals surface area contributed by atoms with Crippen molar-refractivity contribution in [3.05, 3.63) is 77.2 Å². The van der Waals surface area contributed by atoms with Crippen LogP contribution in [0.4, 0.5) is 4.39 Å². The molecule has 4 aromatic rings. The molecule has 0 bridgehead atoms. The molecule has 166 valence electrons. The lowest BCUT2D eigenvalue weighted by Crippen LogP contribution is -2.42. The molecule has 0 unspecified atom stereocenters. The first-order chi connectivity index (χ1) is 16.1. The highest BCUT2D eigenvalue weighted by Crippen LogP contribution is 2.50. The van der Waals surface area contributed by atoms with Gasteiger partial charge in [0.2, 0.25) is 11.7 Å². The number of hydrogen-bond acceptors (Lipinski definition) is 5. The Hall–Kier alpha value is -3.81. The minimum Gasteiger partial charge on any atom is -0.337 e. The first kappa shape index (κ1) is 19.8. The second kappa shape index (κ2) is 7.37. The lowest BCUT2D eigenvalue weighted by Gasteiger charge is -2.31. The molecule has 1 fully saturated rings. The SMILES string of the molecule is Cn1nc(-c2nc(-c3ccccc3F)no2)c2c1CCN(C(=O)C1(c3ccccc3)CC1)C2. The van der Waals surface area contributed by atoms with Crippen molar-refractivity contribution in [2.75, 3.05) is 6.54 Å². The third-order valence-electron chi connectivity index (χ3n) is 6.76. The van der Waals surface area contributed by atoms with E-state index >= 15 is 0 Å². The van der Waals surface area contributed by atoms with Gasteiger partial charge in [0.1, 0.15) is 5.82 Å². The lowest BCUT2D eigenvalue weighted by molar-refractivity contribution is -0.134. The van der Waals surface area contributed by atoms with Crippen molar-refractivity contribution in [3.8, 4) is 23.0 Å². The van der Waals surface area contributed by atoms with E-state index in [4.69, 9.17) is 4.52 Å². The summed E-state index contributed by atoms with van der Waals surface area (Å²) in [5.41, 5.74) is 3.44. The van der Waals surface area contributed by atoms with Crippen molar-refractivity contribution >= 4 is 5.91 Å². The summed E-state index contributed by atoms with van der Waals surface area (Å²) in [7, 11) is 1.88. The molecule has 33 heavy (non-hydrogen) atoms. The van der Waals surface area contributed by atoms with Gasteiger partial charge >= 0.3 is 0 Å². The van der Waals surface area contributed by atoms with Crippen molar-refractivity contribution in [2.24, 2.45) is 7.05 Å². The molecule has 2 aromatic heterocycles. The van der Waals surface area contributed by atoms with Crippen LogP contribution in [-0.4, -0.2) is 37.3 Å². The summed E-state index contributed by atoms with van der Waals surface area (Å²) in [6.07, 6.45) is 2.44. The monoisotopic (exact) mass is 443 g/mol. The average molecular weight is 443 g/mol. The number of carbonyl (C=O) groups is 1. The Labute approximate surface area is 189 Å². The van der Waals surface area contributed by atoms with Gasteiger partial charge in [-0.15, -0.1) is 0 Å². The van der Waals surface area contributed by atoms with Gasteiger partial charge in [0.15, 0.2) is 5.69 Å². The highest BCUT2D eigenvalue weighted by atomic mass is 19.1. The minimum atomic E-state index is -0.416. The molecule has 6 rings (SSSR count). The Balaban J connectivity index is 1.32. The summed E-state index contributed by atoms with van der Waals surface area (Å²) < 4.78 is 21.5. The fourth-order valence-electron chi connectivity index (χ4n) is 4.82. The van der Waals surface area contributed by atoms with E-state index in [1.54, 1.807) is 18.2 Å². The van der Waals surface area contributed by atoms with Crippen molar-refractivity contribution in [3.63, 3.8) is 0 Å². The number of fused-ring (bicyclic) bond motifs is 1. The fraction of sp³-hybridized carbons (Fsp3) is 0.280. The topological polar surface area (TPSA) is 77.1 Å². The van der Waals surface area contributed by atoms with Crippen LogP contribution in [0.5, 0.6) is 0 Å². The van der Waals surface area contributed by atoms with E-state index < -0.39 is 11.2 Å². The zero-order valence-corrected chi connectivity index (χ0v) is 18.2. The molecule has 7 nitrogen and oxygen atoms in total. The summed E-state index contributed by atoms with van der Waals surface area (Å²) in [5.74, 6) is 0.142. The van der Waals surface area contributed by atoms with Crippen LogP contribution >= 0.6 is 0 Å². The van der Waals surface area contributed by atoms with E-state index in [-0.39, 0.29) is 23.2 Å². The van der Waals surface area contributed by atoms with E-state index in [1.807, 2.05) is 47.0 Å². The highest BCUT2D eigenvalue weighted by Gasteiger charge is 2.53. The Morgan fingerprint density at radius 2 is 1.85 bits per heavy atom. The van der Waals surface area contributed by atoms with E-state index in [2.05, 4.69) is 15.2 Å². The Kier molecular flexibility index (Phi) is 4.43. The second-order valence-corrected chi connectivity index (χ2v) is 8.73. The van der Waals surface area contributed by atoms with Gasteiger partial charge in [-0.3, -0.25) is 9.48 Å². The molecular weight excluding hydrogens is 421 g/mol. The Morgan fingerprint density at radius 1 is 1.09 bits per heavy atom. The van der Waals surface area contributed by atoms with Crippen LogP contribution < -0.4 is 0 Å². The molecule has 0 atom stereocenters. The third-order valence-corrected chi connectivity index (χ3v) is 6.76. The van der Waals surface area contributed by atoms with Crippen molar-refractivity contribution < 1.29 is 13.7 Å². The van der Waals surface area contributed by atoms with E-state index in [9.17, 15) is 9.18 Å². The van der Waals surface area contributed by atoms with Crippen LogP contribution in [0.1, 0.15) is 29.7 Å². The normalized spacial score (nSPS) is 16.5. The van der Waals surface area contributed by atoms with Gasteiger partial charge in [-0.05, 0) is 30.5 Å². The number of aryl methyl sites for hydroxylation is 1. The third kappa shape index (κ3) is 3.16. The van der Waals surface area contributed by atoms with E-state index in [0.717, 1.165) is 29.7 Å². The number of nitrogens with zero attached hydrogens (tertiary/aromatic N) is 5. The summed E-state index contributed by atoms with van der Waals surface area (Å²) in [6.45, 7) is 1.08. The number of carbonyl (C=O) groups excluding carboxylic acids is 1. The maximum absolute atomic E-state index is 14.2. The first-order valence-electron chi connectivity index (χ1n) is 11.1. The van der Waals surface area contributed by atoms with Crippen LogP contribution in [0.25, 0.3) is 23.0 Å². The van der Waals surface area contributed by atoms with Gasteiger partial charge in [-0.25, -0.2) is 4.39 Å². The van der Waals surface area contributed by atoms with Gasteiger partial charge in [-0.2, -0.15) is 10.1 Å². The van der Waals surface area contributed by atoms with E-state index in [1.165, 1.54) is 6.07 Å². The number of hydrogen-bond donors (Lipinski definition) is 0. The quantitative estimate of drug-likeness (QED) is 0.478. The van der Waals surface area contributed by atoms with Gasteiger partial charge in [0.25, 0.3) is 5.89 Å². The molecule has 8 heteroatoms. The zero-order chi connectivity index (χ0) is 22.6. The summed E-state index contributed by atoms with van der Waals surface area (Å²) in [4.78, 5) is 19.9. The Morgan fingerprint density at radius 3 is 2.61 bits per heavy atom. The first-order valence-corrected chi connectivity index (χ1v) is 11.1. The van der Waals surface area contributed by atoms with Crippen LogP contribution in [0.15, 0.2) is 59.1 Å². The summed E-state index contributed by atoms with van der Waals surface area (Å²) in [6, 6.07) is 16.3. The van der Waals surface area contributed by atoms with Crippen molar-refractivity contribution in [1.29, 1.82) is 0 Å². The maximum atomic E-state index is 14.2. The predicted molar refractivity (Wildman–Crippen MR) is 118 cm³/mol. The van der Waals surface area contributed by atoms with Crippen LogP contribution in [-0.2, 0) is 30.2 Å². The number of amides is 1. The molecule has 0 saturated heterocycles. The molecule has 1 aliphatic carbocycles. The summed E-state index contributed by atoms with van der Waals surface area (Å²) in [5, 5.41) is 8.58. The molecule has 0 N–H and O–H groups in total. The largest absolute Gasteiger partial charge is 0.337 e. The molecule has 1 aliphatic heterocycles. The number of rotatable bonds is 4. The lowest BCUT2D eigenvalue weighted by atomic mass is 9.93. The van der Waals surface area contributed by atoms with Gasteiger partial charge < -0.3 is 9.42 Å². The molecule has 0 spiro atoms. The minimum absolute atomic E-state index is 0.159. The van der Waals surface area contributed by atoms with Gasteiger partial charge in [0.05, 0.1) is 11.0 Å². The van der Waals surface area contributed by atoms with Crippen molar-refractivity contribution in [1.82, 2.24) is 24.8 Å². The Bertz CT molecular complexity index is 1360. The zero-order valence-electron chi connectivity index (χ0n) is 18.2. The number of halogens is 1. The molecule has 1 amide bonds. The van der Waals surface area contributed by atoms with Crippen LogP contribution in [0.2, 0.25) is 0 Å². The smallest absolute Gasteiger partial charge is 0.279 e. The standard InChI is InChI=1S/C25H22FN5O2/c1-30-20-11-14-31(24(32)25(12-13-25)16-7-3-2-4-8-16)15-18(20)21(28-30)23-27-22(29-33-23)17-9-5-6-10-19(17)26/h2-10H,11-15H2,1H3. The number of benzene rings is 2. The predicted octanol–water partition coefficient (Wildman–Crippen LogP) is 3.89. The average Bonchev–Trinajstić information content (AvgIpc) is 3.41. The molecule has 2 aromatic carbocycles. The van der Waals surface area contributed by atoms with Gasteiger partial charge in [0, 0.05) is 37.8 Å². The van der Waals surface area contributed by atoms with Gasteiger partial charge in [-0.1, -0.05) is 47.6 Å². The molecule has 2 aliphatic rings. The fourth-order valence-corrected chi connectivity index (χ4v) is 4.82. The van der Waals surface area contributed by atoms with Crippen LogP contribution in [0, 0.1) is 5.82 Å². The molecule has 1 saturated carbocycles. The summed E-state index contributed by atoms with van der Waals surface area (Å²) >= 11 is 0. The van der Waals surface area contributed by atoms with Crippen LogP contribution in [0.3, 0.4) is 0 Å².